The maximum Gasteiger partial charge on any atom is 0.254 e. The van der Waals surface area contributed by atoms with E-state index in [9.17, 15) is 4.79 Å². The Morgan fingerprint density at radius 2 is 1.60 bits per heavy atom. The maximum absolute atomic E-state index is 14.1. The van der Waals surface area contributed by atoms with Gasteiger partial charge in [0.2, 0.25) is 5.95 Å². The largest absolute Gasteiger partial charge is 0.368 e. The number of hydrogen-bond donors (Lipinski definition) is 1. The molecule has 1 atom stereocenters. The van der Waals surface area contributed by atoms with Gasteiger partial charge in [0, 0.05) is 42.6 Å². The lowest BCUT2D eigenvalue weighted by Crippen LogP contribution is -2.50. The lowest BCUT2D eigenvalue weighted by atomic mass is 9.93. The maximum atomic E-state index is 14.1. The number of fused-ring (bicyclic) bond motifs is 3. The van der Waals surface area contributed by atoms with Gasteiger partial charge in [-0.15, -0.1) is 0 Å². The molecule has 35 heavy (non-hydrogen) atoms. The normalized spacial score (nSPS) is 17.9. The number of allylic oxidation sites excluding steroid dienone is 1. The van der Waals surface area contributed by atoms with Gasteiger partial charge in [0.1, 0.15) is 0 Å². The van der Waals surface area contributed by atoms with E-state index in [1.807, 2.05) is 60.4 Å². The molecule has 1 aromatic heterocycles. The minimum Gasteiger partial charge on any atom is -0.368 e. The first-order valence-corrected chi connectivity index (χ1v) is 12.3. The van der Waals surface area contributed by atoms with Crippen molar-refractivity contribution in [2.75, 3.05) is 36.4 Å². The van der Waals surface area contributed by atoms with Crippen LogP contribution in [0.1, 0.15) is 18.5 Å². The predicted molar refractivity (Wildman–Crippen MR) is 141 cm³/mol. The van der Waals surface area contributed by atoms with Gasteiger partial charge in [-0.3, -0.25) is 9.36 Å². The van der Waals surface area contributed by atoms with Crippen molar-refractivity contribution in [3.63, 3.8) is 0 Å². The molecule has 3 aromatic carbocycles. The van der Waals surface area contributed by atoms with Crippen LogP contribution in [0, 0.1) is 0 Å². The lowest BCUT2D eigenvalue weighted by molar-refractivity contribution is -0.127. The van der Waals surface area contributed by atoms with Crippen LogP contribution in [0.3, 0.4) is 0 Å². The van der Waals surface area contributed by atoms with Gasteiger partial charge in [-0.2, -0.15) is 0 Å². The summed E-state index contributed by atoms with van der Waals surface area (Å²) in [5.41, 5.74) is 5.67. The summed E-state index contributed by atoms with van der Waals surface area (Å²) in [5, 5.41) is 4.08. The minimum atomic E-state index is -0.296. The number of nitrogens with zero attached hydrogens (tertiary/aromatic N) is 4. The monoisotopic (exact) mass is 483 g/mol. The Hall–Kier alpha value is -3.77. The number of imidazole rings is 1. The third-order valence-corrected chi connectivity index (χ3v) is 7.19. The number of anilines is 2. The second-order valence-corrected chi connectivity index (χ2v) is 9.46. The molecule has 176 valence electrons. The van der Waals surface area contributed by atoms with Crippen molar-refractivity contribution in [3.8, 4) is 0 Å². The van der Waals surface area contributed by atoms with Crippen molar-refractivity contribution in [2.45, 2.75) is 13.0 Å². The van der Waals surface area contributed by atoms with Crippen LogP contribution in [0.25, 0.3) is 11.0 Å². The quantitative estimate of drug-likeness (QED) is 0.428. The molecule has 4 aromatic rings. The molecule has 2 aliphatic rings. The van der Waals surface area contributed by atoms with E-state index in [1.165, 1.54) is 5.69 Å². The number of piperazine rings is 1. The van der Waals surface area contributed by atoms with Crippen molar-refractivity contribution >= 4 is 40.2 Å². The van der Waals surface area contributed by atoms with Crippen molar-refractivity contribution in [2.24, 2.45) is 0 Å². The van der Waals surface area contributed by atoms with Crippen LogP contribution >= 0.6 is 11.6 Å². The Bertz CT molecular complexity index is 1420. The first-order chi connectivity index (χ1) is 17.1. The van der Waals surface area contributed by atoms with Crippen molar-refractivity contribution in [1.29, 1.82) is 0 Å². The zero-order valence-electron chi connectivity index (χ0n) is 19.5. The predicted octanol–water partition coefficient (Wildman–Crippen LogP) is 5.33. The molecular weight excluding hydrogens is 458 g/mol. The summed E-state index contributed by atoms with van der Waals surface area (Å²) >= 11 is 6.21. The van der Waals surface area contributed by atoms with E-state index in [0.29, 0.717) is 18.1 Å². The van der Waals surface area contributed by atoms with Crippen LogP contribution in [0.4, 0.5) is 11.6 Å². The van der Waals surface area contributed by atoms with Gasteiger partial charge in [-0.25, -0.2) is 4.98 Å². The molecule has 3 heterocycles. The van der Waals surface area contributed by atoms with Gasteiger partial charge in [0.15, 0.2) is 0 Å². The number of rotatable bonds is 3. The number of para-hydroxylation sites is 3. The van der Waals surface area contributed by atoms with Crippen molar-refractivity contribution in [3.05, 3.63) is 101 Å². The van der Waals surface area contributed by atoms with Crippen LogP contribution in [0.2, 0.25) is 5.02 Å². The van der Waals surface area contributed by atoms with Crippen LogP contribution in [-0.2, 0) is 4.79 Å². The highest BCUT2D eigenvalue weighted by atomic mass is 35.5. The summed E-state index contributed by atoms with van der Waals surface area (Å²) in [5.74, 6) is 0.806. The van der Waals surface area contributed by atoms with Crippen molar-refractivity contribution in [1.82, 2.24) is 14.5 Å². The molecule has 0 unspecified atom stereocenters. The summed E-state index contributed by atoms with van der Waals surface area (Å²) in [6.07, 6.45) is 0. The highest BCUT2D eigenvalue weighted by Crippen LogP contribution is 2.40. The smallest absolute Gasteiger partial charge is 0.254 e. The molecule has 1 N–H and O–H groups in total. The molecule has 1 fully saturated rings. The van der Waals surface area contributed by atoms with Crippen LogP contribution in [0.15, 0.2) is 90.1 Å². The highest BCUT2D eigenvalue weighted by molar-refractivity contribution is 6.30. The molecule has 0 bridgehead atoms. The molecule has 1 amide bonds. The van der Waals surface area contributed by atoms with Crippen LogP contribution < -0.4 is 10.2 Å². The Labute approximate surface area is 209 Å². The number of nitrogens with one attached hydrogen (secondary N) is 1. The van der Waals surface area contributed by atoms with Crippen molar-refractivity contribution < 1.29 is 4.79 Å². The Morgan fingerprint density at radius 1 is 0.914 bits per heavy atom. The molecule has 0 saturated carbocycles. The molecule has 7 heteroatoms. The number of carbonyl (C=O) groups is 1. The molecular formula is C28H26ClN5O. The number of carbonyl (C=O) groups excluding carboxylic acids is 1. The highest BCUT2D eigenvalue weighted by Gasteiger charge is 2.36. The molecule has 1 saturated heterocycles. The molecule has 6 rings (SSSR count). The number of benzene rings is 3. The summed E-state index contributed by atoms with van der Waals surface area (Å²) in [4.78, 5) is 23.2. The fourth-order valence-electron chi connectivity index (χ4n) is 5.18. The van der Waals surface area contributed by atoms with Gasteiger partial charge < -0.3 is 15.1 Å². The van der Waals surface area contributed by atoms with E-state index >= 15 is 0 Å². The van der Waals surface area contributed by atoms with E-state index in [1.54, 1.807) is 0 Å². The SMILES string of the molecule is CC1=C(C(=O)N2CCN(c3ccccc3)CC2)[C@@H](c2ccc(Cl)cc2)n2c(nc3ccccc32)N1. The molecule has 0 aliphatic carbocycles. The van der Waals surface area contributed by atoms with Gasteiger partial charge in [-0.1, -0.05) is 54.1 Å². The second-order valence-electron chi connectivity index (χ2n) is 9.03. The van der Waals surface area contributed by atoms with E-state index in [4.69, 9.17) is 16.6 Å². The van der Waals surface area contributed by atoms with Crippen LogP contribution in [0.5, 0.6) is 0 Å². The number of halogens is 1. The van der Waals surface area contributed by atoms with Gasteiger partial charge in [-0.05, 0) is 48.9 Å². The third kappa shape index (κ3) is 3.84. The first-order valence-electron chi connectivity index (χ1n) is 11.9. The third-order valence-electron chi connectivity index (χ3n) is 6.94. The summed E-state index contributed by atoms with van der Waals surface area (Å²) < 4.78 is 2.14. The second kappa shape index (κ2) is 8.78. The summed E-state index contributed by atoms with van der Waals surface area (Å²) in [6.45, 7) is 4.94. The van der Waals surface area contributed by atoms with Gasteiger partial charge in [0.05, 0.1) is 22.6 Å². The molecule has 6 nitrogen and oxygen atoms in total. The molecule has 2 aliphatic heterocycles. The first kappa shape index (κ1) is 21.7. The zero-order chi connectivity index (χ0) is 23.9. The lowest BCUT2D eigenvalue weighted by Gasteiger charge is -2.39. The molecule has 0 spiro atoms. The molecule has 0 radical (unpaired) electrons. The van der Waals surface area contributed by atoms with E-state index in [2.05, 4.69) is 45.1 Å². The minimum absolute atomic E-state index is 0.0612. The fraction of sp³-hybridized carbons (Fsp3) is 0.214. The average molecular weight is 484 g/mol. The van der Waals surface area contributed by atoms with Gasteiger partial charge in [0.25, 0.3) is 5.91 Å². The zero-order valence-corrected chi connectivity index (χ0v) is 20.2. The number of hydrogen-bond acceptors (Lipinski definition) is 4. The van der Waals surface area contributed by atoms with E-state index < -0.39 is 0 Å². The Kier molecular flexibility index (Phi) is 5.46. The summed E-state index contributed by atoms with van der Waals surface area (Å²) in [7, 11) is 0. The number of aromatic nitrogens is 2. The van der Waals surface area contributed by atoms with E-state index in [-0.39, 0.29) is 11.9 Å². The fourth-order valence-corrected chi connectivity index (χ4v) is 5.30. The van der Waals surface area contributed by atoms with E-state index in [0.717, 1.165) is 46.9 Å². The standard InChI is InChI=1S/C28H26ClN5O/c1-19-25(27(35)33-17-15-32(16-18-33)22-7-3-2-4-8-22)26(20-11-13-21(29)14-12-20)34-24-10-6-5-9-23(24)31-28(34)30-19/h2-14,26H,15-18H2,1H3,(H,30,31)/t26-/m1/s1. The Morgan fingerprint density at radius 3 is 2.34 bits per heavy atom. The summed E-state index contributed by atoms with van der Waals surface area (Å²) in [6, 6.07) is 25.9. The Balaban J connectivity index is 1.37. The topological polar surface area (TPSA) is 53.4 Å². The van der Waals surface area contributed by atoms with Gasteiger partial charge >= 0.3 is 0 Å². The van der Waals surface area contributed by atoms with Crippen LogP contribution in [-0.4, -0.2) is 46.5 Å². The number of amides is 1. The average Bonchev–Trinajstić information content (AvgIpc) is 3.26.